The van der Waals surface area contributed by atoms with E-state index in [2.05, 4.69) is 79.7 Å². The first-order valence-corrected chi connectivity index (χ1v) is 10.1. The second-order valence-corrected chi connectivity index (χ2v) is 7.53. The summed E-state index contributed by atoms with van der Waals surface area (Å²) in [5.41, 5.74) is 9.06. The van der Waals surface area contributed by atoms with Crippen molar-refractivity contribution in [2.75, 3.05) is 0 Å². The molecular weight excluding hydrogens is 312 g/mol. The Balaban J connectivity index is 1.88. The zero-order valence-corrected chi connectivity index (χ0v) is 15.7. The molecule has 4 rings (SSSR count). The second-order valence-electron chi connectivity index (χ2n) is 7.53. The summed E-state index contributed by atoms with van der Waals surface area (Å²) in [6, 6.07) is 27.1. The van der Waals surface area contributed by atoms with Crippen molar-refractivity contribution in [3.05, 3.63) is 106 Å². The third-order valence-electron chi connectivity index (χ3n) is 5.73. The molecule has 0 heterocycles. The van der Waals surface area contributed by atoms with E-state index in [9.17, 15) is 0 Å². The SMILES string of the molecule is CCCCc1cc2c(cc1C(c1ccccc1)c1ccccc1)CCC2. The Labute approximate surface area is 157 Å². The summed E-state index contributed by atoms with van der Waals surface area (Å²) in [5, 5.41) is 0. The van der Waals surface area contributed by atoms with E-state index in [0.29, 0.717) is 5.92 Å². The summed E-state index contributed by atoms with van der Waals surface area (Å²) in [6.45, 7) is 2.29. The molecule has 0 saturated carbocycles. The van der Waals surface area contributed by atoms with Gasteiger partial charge in [0.15, 0.2) is 0 Å². The molecule has 1 aliphatic carbocycles. The minimum atomic E-state index is 0.329. The van der Waals surface area contributed by atoms with Crippen LogP contribution in [-0.4, -0.2) is 0 Å². The quantitative estimate of drug-likeness (QED) is 0.438. The molecule has 26 heavy (non-hydrogen) atoms. The van der Waals surface area contributed by atoms with Gasteiger partial charge in [0.1, 0.15) is 0 Å². The minimum absolute atomic E-state index is 0.329. The van der Waals surface area contributed by atoms with Gasteiger partial charge in [-0.25, -0.2) is 0 Å². The van der Waals surface area contributed by atoms with E-state index in [1.165, 1.54) is 55.2 Å². The molecule has 0 saturated heterocycles. The van der Waals surface area contributed by atoms with Crippen LogP contribution in [0.25, 0.3) is 0 Å². The van der Waals surface area contributed by atoms with Crippen LogP contribution in [0.2, 0.25) is 0 Å². The number of hydrogen-bond donors (Lipinski definition) is 0. The van der Waals surface area contributed by atoms with Gasteiger partial charge in [-0.3, -0.25) is 0 Å². The first kappa shape index (κ1) is 17.1. The number of fused-ring (bicyclic) bond motifs is 1. The van der Waals surface area contributed by atoms with E-state index < -0.39 is 0 Å². The Kier molecular flexibility index (Phi) is 5.20. The van der Waals surface area contributed by atoms with E-state index in [4.69, 9.17) is 0 Å². The van der Waals surface area contributed by atoms with Gasteiger partial charge in [0.05, 0.1) is 0 Å². The highest BCUT2D eigenvalue weighted by molar-refractivity contribution is 5.50. The maximum absolute atomic E-state index is 2.54. The third kappa shape index (κ3) is 3.46. The Morgan fingerprint density at radius 2 is 1.35 bits per heavy atom. The summed E-state index contributed by atoms with van der Waals surface area (Å²) in [7, 11) is 0. The van der Waals surface area contributed by atoms with Crippen LogP contribution < -0.4 is 0 Å². The van der Waals surface area contributed by atoms with Crippen LogP contribution in [-0.2, 0) is 19.3 Å². The normalized spacial score (nSPS) is 13.2. The molecule has 0 heteroatoms. The van der Waals surface area contributed by atoms with Gasteiger partial charge in [-0.1, -0.05) is 86.1 Å². The largest absolute Gasteiger partial charge is 0.0654 e. The first-order chi connectivity index (χ1) is 12.9. The fourth-order valence-corrected chi connectivity index (χ4v) is 4.39. The van der Waals surface area contributed by atoms with E-state index >= 15 is 0 Å². The highest BCUT2D eigenvalue weighted by Crippen LogP contribution is 2.37. The minimum Gasteiger partial charge on any atom is -0.0654 e. The van der Waals surface area contributed by atoms with Gasteiger partial charge in [-0.05, 0) is 65.5 Å². The standard InChI is InChI=1S/C26H28/c1-2-3-11-24-18-22-16-10-17-23(22)19-25(24)26(20-12-6-4-7-13-20)21-14-8-5-9-15-21/h4-9,12-15,18-19,26H,2-3,10-11,16-17H2,1H3. The van der Waals surface area contributed by atoms with Crippen LogP contribution in [0, 0.1) is 0 Å². The van der Waals surface area contributed by atoms with Gasteiger partial charge >= 0.3 is 0 Å². The van der Waals surface area contributed by atoms with Crippen LogP contribution in [0.5, 0.6) is 0 Å². The van der Waals surface area contributed by atoms with Crippen LogP contribution in [0.15, 0.2) is 72.8 Å². The van der Waals surface area contributed by atoms with E-state index in [-0.39, 0.29) is 0 Å². The van der Waals surface area contributed by atoms with Crippen LogP contribution >= 0.6 is 0 Å². The smallest absolute Gasteiger partial charge is 0.0342 e. The summed E-state index contributed by atoms with van der Waals surface area (Å²) < 4.78 is 0. The Bertz CT molecular complexity index is 806. The van der Waals surface area contributed by atoms with Gasteiger partial charge in [0, 0.05) is 5.92 Å². The molecule has 0 spiro atoms. The third-order valence-corrected chi connectivity index (χ3v) is 5.73. The van der Waals surface area contributed by atoms with E-state index in [1.807, 2.05) is 0 Å². The molecule has 0 aromatic heterocycles. The van der Waals surface area contributed by atoms with Gasteiger partial charge in [0.25, 0.3) is 0 Å². The molecule has 0 nitrogen and oxygen atoms in total. The number of benzene rings is 3. The number of unbranched alkanes of at least 4 members (excludes halogenated alkanes) is 1. The van der Waals surface area contributed by atoms with E-state index in [1.54, 1.807) is 16.7 Å². The number of rotatable bonds is 6. The predicted molar refractivity (Wildman–Crippen MR) is 111 cm³/mol. The van der Waals surface area contributed by atoms with Crippen molar-refractivity contribution in [2.45, 2.75) is 51.4 Å². The van der Waals surface area contributed by atoms with Crippen molar-refractivity contribution in [3.8, 4) is 0 Å². The van der Waals surface area contributed by atoms with Gasteiger partial charge < -0.3 is 0 Å². The van der Waals surface area contributed by atoms with Crippen molar-refractivity contribution in [2.24, 2.45) is 0 Å². The fourth-order valence-electron chi connectivity index (χ4n) is 4.39. The lowest BCUT2D eigenvalue weighted by Gasteiger charge is -2.23. The topological polar surface area (TPSA) is 0 Å². The highest BCUT2D eigenvalue weighted by Gasteiger charge is 2.22. The molecule has 132 valence electrons. The average Bonchev–Trinajstić information content (AvgIpc) is 3.15. The maximum Gasteiger partial charge on any atom is 0.0342 e. The van der Waals surface area contributed by atoms with Crippen molar-refractivity contribution < 1.29 is 0 Å². The molecule has 0 unspecified atom stereocenters. The molecule has 0 bridgehead atoms. The van der Waals surface area contributed by atoms with Gasteiger partial charge in [-0.2, -0.15) is 0 Å². The van der Waals surface area contributed by atoms with Crippen molar-refractivity contribution in [1.82, 2.24) is 0 Å². The molecule has 1 aliphatic rings. The Hall–Kier alpha value is -2.34. The molecule has 0 atom stereocenters. The molecule has 0 fully saturated rings. The summed E-state index contributed by atoms with van der Waals surface area (Å²) in [6.07, 6.45) is 7.52. The predicted octanol–water partition coefficient (Wildman–Crippen LogP) is 6.70. The van der Waals surface area contributed by atoms with Gasteiger partial charge in [-0.15, -0.1) is 0 Å². The molecule has 3 aromatic rings. The molecule has 0 amide bonds. The lowest BCUT2D eigenvalue weighted by atomic mass is 9.80. The fraction of sp³-hybridized carbons (Fsp3) is 0.308. The zero-order valence-electron chi connectivity index (χ0n) is 15.7. The van der Waals surface area contributed by atoms with Crippen molar-refractivity contribution in [1.29, 1.82) is 0 Å². The highest BCUT2D eigenvalue weighted by atomic mass is 14.3. The first-order valence-electron chi connectivity index (χ1n) is 10.1. The van der Waals surface area contributed by atoms with Crippen LogP contribution in [0.3, 0.4) is 0 Å². The van der Waals surface area contributed by atoms with Gasteiger partial charge in [0.2, 0.25) is 0 Å². The van der Waals surface area contributed by atoms with E-state index in [0.717, 1.165) is 0 Å². The molecule has 3 aromatic carbocycles. The Morgan fingerprint density at radius 1 is 0.769 bits per heavy atom. The second kappa shape index (κ2) is 7.91. The summed E-state index contributed by atoms with van der Waals surface area (Å²) in [4.78, 5) is 0. The molecule has 0 aliphatic heterocycles. The monoisotopic (exact) mass is 340 g/mol. The van der Waals surface area contributed by atoms with Crippen LogP contribution in [0.4, 0.5) is 0 Å². The molecule has 0 radical (unpaired) electrons. The van der Waals surface area contributed by atoms with Crippen molar-refractivity contribution in [3.63, 3.8) is 0 Å². The lowest BCUT2D eigenvalue weighted by Crippen LogP contribution is -2.08. The van der Waals surface area contributed by atoms with Crippen molar-refractivity contribution >= 4 is 0 Å². The molecule has 0 N–H and O–H groups in total. The number of aryl methyl sites for hydroxylation is 3. The summed E-state index contributed by atoms with van der Waals surface area (Å²) in [5.74, 6) is 0.329. The van der Waals surface area contributed by atoms with Crippen LogP contribution in [0.1, 0.15) is 65.5 Å². The maximum atomic E-state index is 2.54. The zero-order chi connectivity index (χ0) is 17.8. The Morgan fingerprint density at radius 3 is 1.92 bits per heavy atom. The summed E-state index contributed by atoms with van der Waals surface area (Å²) >= 11 is 0. The lowest BCUT2D eigenvalue weighted by molar-refractivity contribution is 0.780. The molecular formula is C26H28. The number of hydrogen-bond acceptors (Lipinski definition) is 0. The average molecular weight is 341 g/mol.